The molecule has 0 bridgehead atoms. The standard InChI is InChI=1S/C12H17BrN2O2S/c13-10-3-1-4-11(7-10)15-12(8-14)5-2-6-18(16,17)9-12/h1,3-4,7,15H,2,5-6,8-9,14H2. The van der Waals surface area contributed by atoms with Gasteiger partial charge in [0, 0.05) is 16.7 Å². The molecular formula is C12H17BrN2O2S. The van der Waals surface area contributed by atoms with E-state index in [4.69, 9.17) is 5.73 Å². The molecular weight excluding hydrogens is 316 g/mol. The molecule has 1 aliphatic heterocycles. The van der Waals surface area contributed by atoms with E-state index in [0.717, 1.165) is 16.6 Å². The van der Waals surface area contributed by atoms with Crippen LogP contribution in [0.1, 0.15) is 12.8 Å². The highest BCUT2D eigenvalue weighted by Crippen LogP contribution is 2.27. The van der Waals surface area contributed by atoms with Crippen molar-refractivity contribution in [3.63, 3.8) is 0 Å². The molecule has 0 saturated carbocycles. The van der Waals surface area contributed by atoms with Crippen LogP contribution in [0.3, 0.4) is 0 Å². The summed E-state index contributed by atoms with van der Waals surface area (Å²) in [5.74, 6) is 0.387. The van der Waals surface area contributed by atoms with Crippen LogP contribution in [0.5, 0.6) is 0 Å². The van der Waals surface area contributed by atoms with Crippen LogP contribution in [0.2, 0.25) is 0 Å². The highest BCUT2D eigenvalue weighted by Gasteiger charge is 2.37. The zero-order valence-electron chi connectivity index (χ0n) is 10.0. The van der Waals surface area contributed by atoms with Gasteiger partial charge in [-0.1, -0.05) is 22.0 Å². The average Bonchev–Trinajstić information content (AvgIpc) is 2.27. The van der Waals surface area contributed by atoms with E-state index in [1.807, 2.05) is 24.3 Å². The van der Waals surface area contributed by atoms with E-state index in [-0.39, 0.29) is 11.5 Å². The van der Waals surface area contributed by atoms with Crippen LogP contribution in [0.15, 0.2) is 28.7 Å². The van der Waals surface area contributed by atoms with Gasteiger partial charge in [0.2, 0.25) is 0 Å². The van der Waals surface area contributed by atoms with Gasteiger partial charge in [0.05, 0.1) is 17.0 Å². The molecule has 1 aliphatic rings. The third-order valence-corrected chi connectivity index (χ3v) is 5.63. The molecule has 0 aromatic heterocycles. The maximum absolute atomic E-state index is 11.8. The Morgan fingerprint density at radius 3 is 2.83 bits per heavy atom. The molecule has 0 aliphatic carbocycles. The van der Waals surface area contributed by atoms with Crippen molar-refractivity contribution in [3.05, 3.63) is 28.7 Å². The van der Waals surface area contributed by atoms with Crippen LogP contribution in [-0.4, -0.2) is 32.0 Å². The second-order valence-electron chi connectivity index (χ2n) is 4.82. The van der Waals surface area contributed by atoms with Gasteiger partial charge in [-0.2, -0.15) is 0 Å². The molecule has 1 fully saturated rings. The number of sulfone groups is 1. The Morgan fingerprint density at radius 2 is 2.22 bits per heavy atom. The fourth-order valence-corrected chi connectivity index (χ4v) is 4.68. The Hall–Kier alpha value is -0.590. The van der Waals surface area contributed by atoms with Crippen LogP contribution >= 0.6 is 15.9 Å². The average molecular weight is 333 g/mol. The maximum atomic E-state index is 11.8. The SMILES string of the molecule is NCC1(Nc2cccc(Br)c2)CCCS(=O)(=O)C1. The van der Waals surface area contributed by atoms with Crippen molar-refractivity contribution in [2.24, 2.45) is 5.73 Å². The van der Waals surface area contributed by atoms with Crippen LogP contribution in [0, 0.1) is 0 Å². The second kappa shape index (κ2) is 5.19. The predicted octanol–water partition coefficient (Wildman–Crippen LogP) is 1.77. The Kier molecular flexibility index (Phi) is 3.99. The van der Waals surface area contributed by atoms with Crippen molar-refractivity contribution in [2.75, 3.05) is 23.4 Å². The third-order valence-electron chi connectivity index (χ3n) is 3.23. The number of hydrogen-bond acceptors (Lipinski definition) is 4. The van der Waals surface area contributed by atoms with E-state index in [9.17, 15) is 8.42 Å². The minimum Gasteiger partial charge on any atom is -0.377 e. The van der Waals surface area contributed by atoms with Crippen LogP contribution in [0.25, 0.3) is 0 Å². The monoisotopic (exact) mass is 332 g/mol. The number of rotatable bonds is 3. The molecule has 1 aromatic carbocycles. The first-order valence-corrected chi connectivity index (χ1v) is 8.50. The summed E-state index contributed by atoms with van der Waals surface area (Å²) in [5, 5.41) is 3.31. The van der Waals surface area contributed by atoms with E-state index >= 15 is 0 Å². The lowest BCUT2D eigenvalue weighted by atomic mass is 9.95. The van der Waals surface area contributed by atoms with Crippen molar-refractivity contribution in [2.45, 2.75) is 18.4 Å². The second-order valence-corrected chi connectivity index (χ2v) is 7.92. The van der Waals surface area contributed by atoms with Crippen molar-refractivity contribution in [1.82, 2.24) is 0 Å². The molecule has 0 spiro atoms. The summed E-state index contributed by atoms with van der Waals surface area (Å²) < 4.78 is 24.5. The Bertz CT molecular complexity index is 533. The van der Waals surface area contributed by atoms with Crippen LogP contribution in [0.4, 0.5) is 5.69 Å². The van der Waals surface area contributed by atoms with Gasteiger partial charge >= 0.3 is 0 Å². The predicted molar refractivity (Wildman–Crippen MR) is 77.4 cm³/mol. The van der Waals surface area contributed by atoms with E-state index < -0.39 is 15.4 Å². The first-order chi connectivity index (χ1) is 8.45. The van der Waals surface area contributed by atoms with E-state index in [0.29, 0.717) is 13.0 Å². The zero-order chi connectivity index (χ0) is 13.2. The Morgan fingerprint density at radius 1 is 1.44 bits per heavy atom. The largest absolute Gasteiger partial charge is 0.377 e. The summed E-state index contributed by atoms with van der Waals surface area (Å²) in [7, 11) is -2.99. The quantitative estimate of drug-likeness (QED) is 0.884. The summed E-state index contributed by atoms with van der Waals surface area (Å²) in [4.78, 5) is 0. The van der Waals surface area contributed by atoms with E-state index in [1.165, 1.54) is 0 Å². The molecule has 1 heterocycles. The number of anilines is 1. The van der Waals surface area contributed by atoms with Gasteiger partial charge in [0.15, 0.2) is 9.84 Å². The molecule has 0 radical (unpaired) electrons. The lowest BCUT2D eigenvalue weighted by Crippen LogP contribution is -2.53. The Labute approximate surface area is 116 Å². The molecule has 3 N–H and O–H groups in total. The number of nitrogens with one attached hydrogen (secondary N) is 1. The fraction of sp³-hybridized carbons (Fsp3) is 0.500. The lowest BCUT2D eigenvalue weighted by Gasteiger charge is -2.37. The maximum Gasteiger partial charge on any atom is 0.152 e. The lowest BCUT2D eigenvalue weighted by molar-refractivity contribution is 0.450. The van der Waals surface area contributed by atoms with E-state index in [1.54, 1.807) is 0 Å². The number of nitrogens with two attached hydrogens (primary N) is 1. The summed E-state index contributed by atoms with van der Waals surface area (Å²) in [6.07, 6.45) is 1.45. The molecule has 18 heavy (non-hydrogen) atoms. The summed E-state index contributed by atoms with van der Waals surface area (Å²) in [6.45, 7) is 0.318. The first-order valence-electron chi connectivity index (χ1n) is 5.89. The molecule has 1 saturated heterocycles. The molecule has 6 heteroatoms. The summed E-state index contributed by atoms with van der Waals surface area (Å²) in [5.41, 5.74) is 6.17. The van der Waals surface area contributed by atoms with Gasteiger partial charge in [-0.3, -0.25) is 0 Å². The minimum atomic E-state index is -2.99. The molecule has 1 aromatic rings. The topological polar surface area (TPSA) is 72.2 Å². The molecule has 1 unspecified atom stereocenters. The molecule has 1 atom stereocenters. The summed E-state index contributed by atoms with van der Waals surface area (Å²) in [6, 6.07) is 7.69. The number of hydrogen-bond donors (Lipinski definition) is 2. The van der Waals surface area contributed by atoms with Crippen LogP contribution < -0.4 is 11.1 Å². The third kappa shape index (κ3) is 3.24. The van der Waals surface area contributed by atoms with Gasteiger partial charge in [-0.25, -0.2) is 8.42 Å². The van der Waals surface area contributed by atoms with Crippen molar-refractivity contribution in [3.8, 4) is 0 Å². The van der Waals surface area contributed by atoms with Crippen molar-refractivity contribution >= 4 is 31.5 Å². The molecule has 0 amide bonds. The van der Waals surface area contributed by atoms with Crippen molar-refractivity contribution < 1.29 is 8.42 Å². The van der Waals surface area contributed by atoms with Gasteiger partial charge in [-0.05, 0) is 31.0 Å². The Balaban J connectivity index is 2.23. The smallest absolute Gasteiger partial charge is 0.152 e. The highest BCUT2D eigenvalue weighted by molar-refractivity contribution is 9.10. The zero-order valence-corrected chi connectivity index (χ0v) is 12.4. The van der Waals surface area contributed by atoms with Gasteiger partial charge in [0.25, 0.3) is 0 Å². The van der Waals surface area contributed by atoms with Gasteiger partial charge in [-0.15, -0.1) is 0 Å². The first kappa shape index (κ1) is 13.8. The highest BCUT2D eigenvalue weighted by atomic mass is 79.9. The number of halogens is 1. The van der Waals surface area contributed by atoms with Gasteiger partial charge < -0.3 is 11.1 Å². The molecule has 4 nitrogen and oxygen atoms in total. The normalized spacial score (nSPS) is 26.8. The summed E-state index contributed by atoms with van der Waals surface area (Å²) >= 11 is 3.40. The fourth-order valence-electron chi connectivity index (χ4n) is 2.38. The van der Waals surface area contributed by atoms with E-state index in [2.05, 4.69) is 21.2 Å². The minimum absolute atomic E-state index is 0.114. The molecule has 100 valence electrons. The van der Waals surface area contributed by atoms with Crippen molar-refractivity contribution in [1.29, 1.82) is 0 Å². The molecule has 2 rings (SSSR count). The van der Waals surface area contributed by atoms with Gasteiger partial charge in [0.1, 0.15) is 0 Å². The van der Waals surface area contributed by atoms with Crippen LogP contribution in [-0.2, 0) is 9.84 Å². The number of benzene rings is 1.